The largest absolute Gasteiger partial charge is 0.317 e. The minimum Gasteiger partial charge on any atom is -0.317 e. The highest BCUT2D eigenvalue weighted by Crippen LogP contribution is 2.22. The molecule has 0 aromatic carbocycles. The van der Waals surface area contributed by atoms with Crippen molar-refractivity contribution in [2.24, 2.45) is 11.8 Å². The molecule has 92 valence electrons. The lowest BCUT2D eigenvalue weighted by Gasteiger charge is -2.28. The summed E-state index contributed by atoms with van der Waals surface area (Å²) in [6.07, 6.45) is 8.09. The van der Waals surface area contributed by atoms with Crippen molar-refractivity contribution < 1.29 is 0 Å². The minimum absolute atomic E-state index is 0.733. The first-order valence-electron chi connectivity index (χ1n) is 6.86. The van der Waals surface area contributed by atoms with Gasteiger partial charge in [0.25, 0.3) is 0 Å². The Kier molecular flexibility index (Phi) is 9.18. The zero-order valence-electron chi connectivity index (χ0n) is 11.5. The molecule has 0 aliphatic heterocycles. The van der Waals surface area contributed by atoms with E-state index in [9.17, 15) is 0 Å². The molecule has 0 aliphatic rings. The molecule has 0 saturated carbocycles. The van der Waals surface area contributed by atoms with E-state index in [1.807, 2.05) is 0 Å². The highest BCUT2D eigenvalue weighted by molar-refractivity contribution is 4.76. The standard InChI is InChI=1S/C14H31N/c1-6-9-10-13(8-3)14(15-5)11-12(4)7-2/h12-15H,6-11H2,1-5H3. The molecule has 15 heavy (non-hydrogen) atoms. The molecule has 1 heteroatoms. The van der Waals surface area contributed by atoms with Gasteiger partial charge in [0, 0.05) is 6.04 Å². The lowest BCUT2D eigenvalue weighted by atomic mass is 9.85. The van der Waals surface area contributed by atoms with Gasteiger partial charge in [-0.05, 0) is 31.7 Å². The monoisotopic (exact) mass is 213 g/mol. The zero-order valence-corrected chi connectivity index (χ0v) is 11.5. The molecule has 1 N–H and O–H groups in total. The zero-order chi connectivity index (χ0) is 11.7. The average molecular weight is 213 g/mol. The molecule has 1 nitrogen and oxygen atoms in total. The van der Waals surface area contributed by atoms with Crippen molar-refractivity contribution in [2.75, 3.05) is 7.05 Å². The smallest absolute Gasteiger partial charge is 0.00947 e. The second-order valence-electron chi connectivity index (χ2n) is 4.95. The first-order chi connectivity index (χ1) is 7.19. The van der Waals surface area contributed by atoms with Gasteiger partial charge in [0.15, 0.2) is 0 Å². The molecule has 0 saturated heterocycles. The number of hydrogen-bond donors (Lipinski definition) is 1. The summed E-state index contributed by atoms with van der Waals surface area (Å²) in [4.78, 5) is 0. The molecular weight excluding hydrogens is 182 g/mol. The van der Waals surface area contributed by atoms with Gasteiger partial charge in [0.05, 0.1) is 0 Å². The van der Waals surface area contributed by atoms with E-state index in [1.165, 1.54) is 38.5 Å². The summed E-state index contributed by atoms with van der Waals surface area (Å²) in [6.45, 7) is 9.29. The Hall–Kier alpha value is -0.0400. The fourth-order valence-electron chi connectivity index (χ4n) is 2.30. The van der Waals surface area contributed by atoms with E-state index in [1.54, 1.807) is 0 Å². The summed E-state index contributed by atoms with van der Waals surface area (Å²) in [5, 5.41) is 3.53. The van der Waals surface area contributed by atoms with Crippen molar-refractivity contribution in [3.8, 4) is 0 Å². The van der Waals surface area contributed by atoms with Crippen LogP contribution in [0.25, 0.3) is 0 Å². The predicted octanol–water partition coefficient (Wildman–Crippen LogP) is 4.23. The molecular formula is C14H31N. The molecule has 0 aromatic rings. The third-order valence-electron chi connectivity index (χ3n) is 3.75. The van der Waals surface area contributed by atoms with Gasteiger partial charge in [0.2, 0.25) is 0 Å². The summed E-state index contributed by atoms with van der Waals surface area (Å²) in [6, 6.07) is 0.733. The Morgan fingerprint density at radius 2 is 1.73 bits per heavy atom. The Bertz CT molecular complexity index is 133. The summed E-state index contributed by atoms with van der Waals surface area (Å²) in [5.41, 5.74) is 0. The molecule has 3 atom stereocenters. The summed E-state index contributed by atoms with van der Waals surface area (Å²) < 4.78 is 0. The third-order valence-corrected chi connectivity index (χ3v) is 3.75. The fourth-order valence-corrected chi connectivity index (χ4v) is 2.30. The second kappa shape index (κ2) is 9.21. The normalized spacial score (nSPS) is 17.4. The van der Waals surface area contributed by atoms with Crippen LogP contribution in [0.3, 0.4) is 0 Å². The number of rotatable bonds is 9. The van der Waals surface area contributed by atoms with E-state index in [-0.39, 0.29) is 0 Å². The maximum atomic E-state index is 3.53. The summed E-state index contributed by atoms with van der Waals surface area (Å²) >= 11 is 0. The van der Waals surface area contributed by atoms with Crippen LogP contribution in [0.15, 0.2) is 0 Å². The molecule has 0 radical (unpaired) electrons. The van der Waals surface area contributed by atoms with Crippen LogP contribution in [-0.4, -0.2) is 13.1 Å². The lowest BCUT2D eigenvalue weighted by Crippen LogP contribution is -2.34. The molecule has 3 unspecified atom stereocenters. The number of unbranched alkanes of at least 4 members (excludes halogenated alkanes) is 1. The van der Waals surface area contributed by atoms with Crippen LogP contribution in [0.5, 0.6) is 0 Å². The average Bonchev–Trinajstić information content (AvgIpc) is 2.27. The molecule has 0 fully saturated rings. The Morgan fingerprint density at radius 1 is 1.07 bits per heavy atom. The molecule has 0 aromatic heterocycles. The van der Waals surface area contributed by atoms with Gasteiger partial charge in [-0.1, -0.05) is 53.4 Å². The van der Waals surface area contributed by atoms with Crippen LogP contribution in [0, 0.1) is 11.8 Å². The Labute approximate surface area is 97.0 Å². The molecule has 0 rings (SSSR count). The van der Waals surface area contributed by atoms with Crippen LogP contribution in [-0.2, 0) is 0 Å². The van der Waals surface area contributed by atoms with Gasteiger partial charge in [-0.15, -0.1) is 0 Å². The maximum Gasteiger partial charge on any atom is 0.00947 e. The van der Waals surface area contributed by atoms with E-state index in [4.69, 9.17) is 0 Å². The SMILES string of the molecule is CCCCC(CC)C(CC(C)CC)NC. The van der Waals surface area contributed by atoms with E-state index >= 15 is 0 Å². The van der Waals surface area contributed by atoms with E-state index < -0.39 is 0 Å². The van der Waals surface area contributed by atoms with Gasteiger partial charge in [-0.2, -0.15) is 0 Å². The molecule has 0 aliphatic carbocycles. The quantitative estimate of drug-likeness (QED) is 0.604. The molecule has 0 spiro atoms. The topological polar surface area (TPSA) is 12.0 Å². The summed E-state index contributed by atoms with van der Waals surface area (Å²) in [7, 11) is 2.13. The highest BCUT2D eigenvalue weighted by atomic mass is 14.9. The fraction of sp³-hybridized carbons (Fsp3) is 1.00. The van der Waals surface area contributed by atoms with E-state index in [0.717, 1.165) is 17.9 Å². The molecule has 0 heterocycles. The van der Waals surface area contributed by atoms with Gasteiger partial charge in [0.1, 0.15) is 0 Å². The minimum atomic E-state index is 0.733. The van der Waals surface area contributed by atoms with Gasteiger partial charge in [-0.3, -0.25) is 0 Å². The van der Waals surface area contributed by atoms with E-state index in [0.29, 0.717) is 0 Å². The van der Waals surface area contributed by atoms with Crippen molar-refractivity contribution in [1.29, 1.82) is 0 Å². The van der Waals surface area contributed by atoms with Crippen molar-refractivity contribution in [1.82, 2.24) is 5.32 Å². The molecule has 0 amide bonds. The molecule has 0 bridgehead atoms. The van der Waals surface area contributed by atoms with Crippen molar-refractivity contribution in [3.05, 3.63) is 0 Å². The third kappa shape index (κ3) is 6.19. The maximum absolute atomic E-state index is 3.53. The van der Waals surface area contributed by atoms with Gasteiger partial charge in [-0.25, -0.2) is 0 Å². The second-order valence-corrected chi connectivity index (χ2v) is 4.95. The van der Waals surface area contributed by atoms with Crippen LogP contribution in [0.1, 0.15) is 66.2 Å². The first kappa shape index (κ1) is 15.0. The van der Waals surface area contributed by atoms with Crippen molar-refractivity contribution in [2.45, 2.75) is 72.3 Å². The highest BCUT2D eigenvalue weighted by Gasteiger charge is 2.19. The van der Waals surface area contributed by atoms with Gasteiger partial charge < -0.3 is 5.32 Å². The van der Waals surface area contributed by atoms with Crippen LogP contribution >= 0.6 is 0 Å². The van der Waals surface area contributed by atoms with Crippen LogP contribution < -0.4 is 5.32 Å². The Morgan fingerprint density at radius 3 is 2.13 bits per heavy atom. The lowest BCUT2D eigenvalue weighted by molar-refractivity contribution is 0.283. The van der Waals surface area contributed by atoms with Crippen LogP contribution in [0.4, 0.5) is 0 Å². The first-order valence-corrected chi connectivity index (χ1v) is 6.86. The van der Waals surface area contributed by atoms with Crippen molar-refractivity contribution >= 4 is 0 Å². The van der Waals surface area contributed by atoms with Gasteiger partial charge >= 0.3 is 0 Å². The number of hydrogen-bond acceptors (Lipinski definition) is 1. The van der Waals surface area contributed by atoms with Crippen molar-refractivity contribution in [3.63, 3.8) is 0 Å². The van der Waals surface area contributed by atoms with E-state index in [2.05, 4.69) is 40.1 Å². The number of nitrogens with one attached hydrogen (secondary N) is 1. The van der Waals surface area contributed by atoms with Crippen LogP contribution in [0.2, 0.25) is 0 Å². The summed E-state index contributed by atoms with van der Waals surface area (Å²) in [5.74, 6) is 1.74. The Balaban J connectivity index is 4.07. The predicted molar refractivity (Wildman–Crippen MR) is 70.2 cm³/mol.